The number of nitrogens with zero attached hydrogens (tertiary/aromatic N) is 1. The summed E-state index contributed by atoms with van der Waals surface area (Å²) < 4.78 is 0.948. The Morgan fingerprint density at radius 2 is 2.10 bits per heavy atom. The van der Waals surface area contributed by atoms with Gasteiger partial charge < -0.3 is 4.90 Å². The van der Waals surface area contributed by atoms with E-state index in [1.165, 1.54) is 0 Å². The van der Waals surface area contributed by atoms with Gasteiger partial charge in [-0.15, -0.1) is 0 Å². The maximum atomic E-state index is 12.6. The number of aryl methyl sites for hydroxylation is 1. The number of amides is 1. The molecule has 1 aliphatic rings. The molecule has 0 aromatic heterocycles. The van der Waals surface area contributed by atoms with Crippen LogP contribution in [0.3, 0.4) is 0 Å². The second-order valence-corrected chi connectivity index (χ2v) is 6.37. The zero-order valence-corrected chi connectivity index (χ0v) is 13.6. The van der Waals surface area contributed by atoms with Crippen molar-refractivity contribution in [1.29, 1.82) is 0 Å². The number of hydrogen-bond donors (Lipinski definition) is 0. The van der Waals surface area contributed by atoms with Gasteiger partial charge in [-0.25, -0.2) is 0 Å². The molecule has 1 saturated heterocycles. The lowest BCUT2D eigenvalue weighted by molar-refractivity contribution is -0.118. The number of carbonyl (C=O) groups excluding carboxylic acids is 2. The molecule has 3 nitrogen and oxygen atoms in total. The zero-order chi connectivity index (χ0) is 14.7. The molecule has 1 fully saturated rings. The van der Waals surface area contributed by atoms with Gasteiger partial charge in [0.05, 0.1) is 0 Å². The summed E-state index contributed by atoms with van der Waals surface area (Å²) in [5.74, 6) is 0.191. The highest BCUT2D eigenvalue weighted by Gasteiger charge is 2.28. The van der Waals surface area contributed by atoms with Gasteiger partial charge in [-0.1, -0.05) is 22.0 Å². The van der Waals surface area contributed by atoms with Crippen LogP contribution in [-0.4, -0.2) is 29.2 Å². The van der Waals surface area contributed by atoms with E-state index in [1.807, 2.05) is 30.0 Å². The van der Waals surface area contributed by atoms with Crippen molar-refractivity contribution in [2.75, 3.05) is 6.54 Å². The topological polar surface area (TPSA) is 37.4 Å². The SMILES string of the molecule is CC(=O)CC1CCCCN1C(=O)c1ccc(C)c(Br)c1. The zero-order valence-electron chi connectivity index (χ0n) is 12.0. The largest absolute Gasteiger partial charge is 0.335 e. The summed E-state index contributed by atoms with van der Waals surface area (Å²) in [5, 5.41) is 0. The third-order valence-corrected chi connectivity index (χ3v) is 4.68. The van der Waals surface area contributed by atoms with Crippen molar-refractivity contribution in [3.63, 3.8) is 0 Å². The van der Waals surface area contributed by atoms with E-state index < -0.39 is 0 Å². The molecular weight excluding hydrogens is 318 g/mol. The van der Waals surface area contributed by atoms with E-state index in [9.17, 15) is 9.59 Å². The molecule has 1 aromatic rings. The Bertz CT molecular complexity index is 527. The van der Waals surface area contributed by atoms with Gasteiger partial charge in [0.25, 0.3) is 5.91 Å². The third-order valence-electron chi connectivity index (χ3n) is 3.83. The van der Waals surface area contributed by atoms with Gasteiger partial charge >= 0.3 is 0 Å². The number of halogens is 1. The van der Waals surface area contributed by atoms with Crippen LogP contribution in [0.4, 0.5) is 0 Å². The number of likely N-dealkylation sites (tertiary alicyclic amines) is 1. The summed E-state index contributed by atoms with van der Waals surface area (Å²) in [4.78, 5) is 25.9. The highest BCUT2D eigenvalue weighted by atomic mass is 79.9. The number of rotatable bonds is 3. The number of Topliss-reactive ketones (excluding diaryl/α,β-unsaturated/α-hetero) is 1. The number of ketones is 1. The molecule has 2 rings (SSSR count). The molecule has 20 heavy (non-hydrogen) atoms. The molecule has 1 aliphatic heterocycles. The second-order valence-electron chi connectivity index (χ2n) is 5.52. The van der Waals surface area contributed by atoms with Gasteiger partial charge in [-0.3, -0.25) is 9.59 Å². The molecule has 1 aromatic carbocycles. The summed E-state index contributed by atoms with van der Waals surface area (Å²) in [6.45, 7) is 4.35. The Labute approximate surface area is 128 Å². The van der Waals surface area contributed by atoms with Crippen LogP contribution in [-0.2, 0) is 4.79 Å². The fourth-order valence-corrected chi connectivity index (χ4v) is 3.08. The summed E-state index contributed by atoms with van der Waals surface area (Å²) >= 11 is 3.47. The molecule has 0 radical (unpaired) electrons. The van der Waals surface area contributed by atoms with Gasteiger partial charge in [0.2, 0.25) is 0 Å². The first kappa shape index (κ1) is 15.2. The lowest BCUT2D eigenvalue weighted by Gasteiger charge is -2.35. The molecule has 108 valence electrons. The minimum absolute atomic E-state index is 0.0386. The molecule has 1 heterocycles. The van der Waals surface area contributed by atoms with Crippen LogP contribution >= 0.6 is 15.9 Å². The lowest BCUT2D eigenvalue weighted by Crippen LogP contribution is -2.44. The van der Waals surface area contributed by atoms with Crippen LogP contribution in [0.15, 0.2) is 22.7 Å². The van der Waals surface area contributed by atoms with Crippen molar-refractivity contribution in [2.45, 2.75) is 45.6 Å². The molecule has 0 saturated carbocycles. The highest BCUT2D eigenvalue weighted by molar-refractivity contribution is 9.10. The number of piperidine rings is 1. The van der Waals surface area contributed by atoms with E-state index in [0.717, 1.165) is 35.8 Å². The smallest absolute Gasteiger partial charge is 0.254 e. The lowest BCUT2D eigenvalue weighted by atomic mass is 9.96. The average Bonchev–Trinajstić information content (AvgIpc) is 2.41. The van der Waals surface area contributed by atoms with Gasteiger partial charge in [0, 0.05) is 29.0 Å². The van der Waals surface area contributed by atoms with Crippen LogP contribution in [0.25, 0.3) is 0 Å². The minimum Gasteiger partial charge on any atom is -0.335 e. The normalized spacial score (nSPS) is 18.9. The van der Waals surface area contributed by atoms with Gasteiger partial charge in [-0.05, 0) is 50.8 Å². The standard InChI is InChI=1S/C16H20BrNO2/c1-11-6-7-13(10-15(11)17)16(20)18-8-4-3-5-14(18)9-12(2)19/h6-7,10,14H,3-5,8-9H2,1-2H3. The monoisotopic (exact) mass is 337 g/mol. The van der Waals surface area contributed by atoms with E-state index in [-0.39, 0.29) is 17.7 Å². The molecule has 0 bridgehead atoms. The van der Waals surface area contributed by atoms with E-state index in [2.05, 4.69) is 15.9 Å². The van der Waals surface area contributed by atoms with Crippen molar-refractivity contribution >= 4 is 27.6 Å². The van der Waals surface area contributed by atoms with Crippen molar-refractivity contribution in [2.24, 2.45) is 0 Å². The fourth-order valence-electron chi connectivity index (χ4n) is 2.70. The van der Waals surface area contributed by atoms with Crippen LogP contribution in [0.1, 0.15) is 48.5 Å². The summed E-state index contributed by atoms with van der Waals surface area (Å²) in [5.41, 5.74) is 1.80. The predicted molar refractivity (Wildman–Crippen MR) is 82.9 cm³/mol. The van der Waals surface area contributed by atoms with E-state index in [1.54, 1.807) is 6.92 Å². The molecule has 1 amide bonds. The Hall–Kier alpha value is -1.16. The number of benzene rings is 1. The minimum atomic E-state index is 0.0386. The van der Waals surface area contributed by atoms with Gasteiger partial charge in [0.1, 0.15) is 5.78 Å². The van der Waals surface area contributed by atoms with Gasteiger partial charge in [0.15, 0.2) is 0 Å². The van der Waals surface area contributed by atoms with Crippen molar-refractivity contribution < 1.29 is 9.59 Å². The predicted octanol–water partition coefficient (Wildman–Crippen LogP) is 3.73. The molecule has 0 aliphatic carbocycles. The highest BCUT2D eigenvalue weighted by Crippen LogP contribution is 2.24. The molecule has 4 heteroatoms. The molecule has 0 spiro atoms. The Morgan fingerprint density at radius 3 is 2.75 bits per heavy atom. The van der Waals surface area contributed by atoms with Crippen LogP contribution in [0, 0.1) is 6.92 Å². The number of carbonyl (C=O) groups is 2. The average molecular weight is 338 g/mol. The molecular formula is C16H20BrNO2. The van der Waals surface area contributed by atoms with Crippen molar-refractivity contribution in [3.8, 4) is 0 Å². The van der Waals surface area contributed by atoms with E-state index in [4.69, 9.17) is 0 Å². The first-order valence-corrected chi connectivity index (χ1v) is 7.85. The van der Waals surface area contributed by atoms with Crippen molar-refractivity contribution in [1.82, 2.24) is 4.90 Å². The second kappa shape index (κ2) is 6.53. The Morgan fingerprint density at radius 1 is 1.35 bits per heavy atom. The maximum absolute atomic E-state index is 12.6. The van der Waals surface area contributed by atoms with Gasteiger partial charge in [-0.2, -0.15) is 0 Å². The maximum Gasteiger partial charge on any atom is 0.254 e. The molecule has 0 N–H and O–H groups in total. The fraction of sp³-hybridized carbons (Fsp3) is 0.500. The number of hydrogen-bond acceptors (Lipinski definition) is 2. The Balaban J connectivity index is 2.20. The summed E-state index contributed by atoms with van der Waals surface area (Å²) in [7, 11) is 0. The Kier molecular flexibility index (Phi) is 4.97. The van der Waals surface area contributed by atoms with Crippen LogP contribution < -0.4 is 0 Å². The summed E-state index contributed by atoms with van der Waals surface area (Å²) in [6, 6.07) is 5.74. The first-order valence-electron chi connectivity index (χ1n) is 7.05. The van der Waals surface area contributed by atoms with E-state index >= 15 is 0 Å². The summed E-state index contributed by atoms with van der Waals surface area (Å²) in [6.07, 6.45) is 3.52. The van der Waals surface area contributed by atoms with Crippen LogP contribution in [0.2, 0.25) is 0 Å². The molecule has 1 unspecified atom stereocenters. The van der Waals surface area contributed by atoms with Crippen LogP contribution in [0.5, 0.6) is 0 Å². The first-order chi connectivity index (χ1) is 9.49. The molecule has 1 atom stereocenters. The quantitative estimate of drug-likeness (QED) is 0.842. The van der Waals surface area contributed by atoms with Crippen molar-refractivity contribution in [3.05, 3.63) is 33.8 Å². The van der Waals surface area contributed by atoms with E-state index in [0.29, 0.717) is 12.0 Å². The third kappa shape index (κ3) is 3.48.